The molecule has 35 heavy (non-hydrogen) atoms. The molecular weight excluding hydrogens is 446 g/mol. The van der Waals surface area contributed by atoms with E-state index in [4.69, 9.17) is 14.2 Å². The van der Waals surface area contributed by atoms with Crippen molar-refractivity contribution in [3.05, 3.63) is 46.0 Å². The zero-order valence-corrected chi connectivity index (χ0v) is 22.0. The number of carbonyl (C=O) groups is 1. The number of ether oxygens (including phenoxy) is 3. The van der Waals surface area contributed by atoms with E-state index in [1.54, 1.807) is 24.9 Å². The van der Waals surface area contributed by atoms with Gasteiger partial charge in [0.25, 0.3) is 5.56 Å². The van der Waals surface area contributed by atoms with Crippen molar-refractivity contribution in [3.8, 4) is 5.75 Å². The SMILES string of the molecule is COCc1cc2c3ccnc(C)c3c(=O)n(C)c2cc1OCC(CC(C)C)NC(=O)OC(C)(C)C. The van der Waals surface area contributed by atoms with Gasteiger partial charge in [-0.05, 0) is 57.6 Å². The summed E-state index contributed by atoms with van der Waals surface area (Å²) < 4.78 is 18.7. The highest BCUT2D eigenvalue weighted by Crippen LogP contribution is 2.31. The van der Waals surface area contributed by atoms with E-state index in [0.717, 1.165) is 28.3 Å². The van der Waals surface area contributed by atoms with Crippen molar-refractivity contribution in [1.82, 2.24) is 14.9 Å². The van der Waals surface area contributed by atoms with E-state index in [-0.39, 0.29) is 18.2 Å². The normalized spacial score (nSPS) is 12.8. The van der Waals surface area contributed by atoms with Crippen molar-refractivity contribution < 1.29 is 19.0 Å². The number of aromatic nitrogens is 2. The van der Waals surface area contributed by atoms with E-state index < -0.39 is 11.7 Å². The Bertz CT molecular complexity index is 1270. The predicted molar refractivity (Wildman–Crippen MR) is 138 cm³/mol. The van der Waals surface area contributed by atoms with Gasteiger partial charge in [-0.1, -0.05) is 13.8 Å². The van der Waals surface area contributed by atoms with Crippen LogP contribution in [0.3, 0.4) is 0 Å². The Hall–Kier alpha value is -3.13. The van der Waals surface area contributed by atoms with Gasteiger partial charge >= 0.3 is 6.09 Å². The topological polar surface area (TPSA) is 91.7 Å². The third-order valence-electron chi connectivity index (χ3n) is 5.71. The molecule has 0 saturated heterocycles. The number of aryl methyl sites for hydroxylation is 2. The van der Waals surface area contributed by atoms with Crippen LogP contribution >= 0.6 is 0 Å². The molecule has 1 unspecified atom stereocenters. The summed E-state index contributed by atoms with van der Waals surface area (Å²) in [6.07, 6.45) is 1.97. The molecule has 0 bridgehead atoms. The summed E-state index contributed by atoms with van der Waals surface area (Å²) in [6, 6.07) is 5.51. The lowest BCUT2D eigenvalue weighted by Crippen LogP contribution is -2.42. The second-order valence-electron chi connectivity index (χ2n) is 10.4. The average Bonchev–Trinajstić information content (AvgIpc) is 2.74. The van der Waals surface area contributed by atoms with E-state index in [9.17, 15) is 9.59 Å². The third kappa shape index (κ3) is 6.31. The number of benzene rings is 1. The first-order chi connectivity index (χ1) is 16.4. The molecule has 2 aromatic heterocycles. The molecule has 1 amide bonds. The van der Waals surface area contributed by atoms with Gasteiger partial charge < -0.3 is 24.1 Å². The molecule has 0 saturated carbocycles. The van der Waals surface area contributed by atoms with Crippen LogP contribution in [0.1, 0.15) is 52.3 Å². The van der Waals surface area contributed by atoms with Crippen molar-refractivity contribution in [3.63, 3.8) is 0 Å². The fourth-order valence-corrected chi connectivity index (χ4v) is 4.25. The van der Waals surface area contributed by atoms with Gasteiger partial charge in [-0.25, -0.2) is 4.79 Å². The van der Waals surface area contributed by atoms with E-state index in [0.29, 0.717) is 29.4 Å². The van der Waals surface area contributed by atoms with E-state index in [1.165, 1.54) is 0 Å². The van der Waals surface area contributed by atoms with Crippen LogP contribution in [0.25, 0.3) is 21.7 Å². The highest BCUT2D eigenvalue weighted by molar-refractivity contribution is 6.06. The maximum atomic E-state index is 13.1. The van der Waals surface area contributed by atoms with E-state index in [1.807, 2.05) is 45.9 Å². The molecule has 0 fully saturated rings. The summed E-state index contributed by atoms with van der Waals surface area (Å²) in [5.41, 5.74) is 1.62. The van der Waals surface area contributed by atoms with Gasteiger partial charge in [0.05, 0.1) is 29.2 Å². The minimum Gasteiger partial charge on any atom is -0.491 e. The molecule has 3 rings (SSSR count). The molecular formula is C27H37N3O5. The van der Waals surface area contributed by atoms with Crippen LogP contribution in [0.15, 0.2) is 29.2 Å². The Morgan fingerprint density at radius 2 is 1.91 bits per heavy atom. The molecule has 8 heteroatoms. The molecule has 0 aliphatic heterocycles. The Labute approximate surface area is 206 Å². The number of rotatable bonds is 8. The Morgan fingerprint density at radius 1 is 1.20 bits per heavy atom. The van der Waals surface area contributed by atoms with Gasteiger partial charge in [0.1, 0.15) is 18.0 Å². The quantitative estimate of drug-likeness (QED) is 0.460. The summed E-state index contributed by atoms with van der Waals surface area (Å²) in [5, 5.41) is 5.32. The van der Waals surface area contributed by atoms with Crippen LogP contribution in [0.2, 0.25) is 0 Å². The van der Waals surface area contributed by atoms with Gasteiger partial charge in [-0.15, -0.1) is 0 Å². The number of hydrogen-bond acceptors (Lipinski definition) is 6. The summed E-state index contributed by atoms with van der Waals surface area (Å²) in [4.78, 5) is 29.8. The van der Waals surface area contributed by atoms with Gasteiger partial charge in [0.2, 0.25) is 0 Å². The molecule has 0 aliphatic rings. The van der Waals surface area contributed by atoms with Crippen LogP contribution in [-0.2, 0) is 23.1 Å². The van der Waals surface area contributed by atoms with Crippen LogP contribution in [0.4, 0.5) is 4.79 Å². The number of hydrogen-bond donors (Lipinski definition) is 1. The fraction of sp³-hybridized carbons (Fsp3) is 0.519. The van der Waals surface area contributed by atoms with E-state index >= 15 is 0 Å². The number of nitrogens with zero attached hydrogens (tertiary/aromatic N) is 2. The number of carbonyl (C=O) groups excluding carboxylic acids is 1. The lowest BCUT2D eigenvalue weighted by atomic mass is 10.0. The Morgan fingerprint density at radius 3 is 2.54 bits per heavy atom. The first kappa shape index (κ1) is 26.5. The lowest BCUT2D eigenvalue weighted by Gasteiger charge is -2.25. The van der Waals surface area contributed by atoms with Crippen molar-refractivity contribution in [2.75, 3.05) is 13.7 Å². The van der Waals surface area contributed by atoms with Crippen LogP contribution < -0.4 is 15.6 Å². The number of pyridine rings is 2. The number of amides is 1. The highest BCUT2D eigenvalue weighted by atomic mass is 16.6. The molecule has 190 valence electrons. The fourth-order valence-electron chi connectivity index (χ4n) is 4.25. The molecule has 0 radical (unpaired) electrons. The van der Waals surface area contributed by atoms with Gasteiger partial charge in [0, 0.05) is 37.4 Å². The summed E-state index contributed by atoms with van der Waals surface area (Å²) in [5.74, 6) is 0.955. The average molecular weight is 484 g/mol. The van der Waals surface area contributed by atoms with Gasteiger partial charge in [-0.2, -0.15) is 0 Å². The number of nitrogens with one attached hydrogen (secondary N) is 1. The smallest absolute Gasteiger partial charge is 0.407 e. The van der Waals surface area contributed by atoms with Gasteiger partial charge in [-0.3, -0.25) is 9.78 Å². The zero-order chi connectivity index (χ0) is 25.9. The Balaban J connectivity index is 1.99. The first-order valence-electron chi connectivity index (χ1n) is 11.9. The summed E-state index contributed by atoms with van der Waals surface area (Å²) in [7, 11) is 3.38. The standard InChI is InChI=1S/C27H37N3O5/c1-16(2)11-19(29-26(32)35-27(4,5)6)15-34-23-13-22-21(12-18(23)14-33-8)20-9-10-28-17(3)24(20)25(31)30(22)7/h9-10,12-13,16,19H,11,14-15H2,1-8H3,(H,29,32). The second-order valence-corrected chi connectivity index (χ2v) is 10.4. The lowest BCUT2D eigenvalue weighted by molar-refractivity contribution is 0.0479. The third-order valence-corrected chi connectivity index (χ3v) is 5.71. The van der Waals surface area contributed by atoms with Crippen molar-refractivity contribution in [2.45, 2.75) is 66.2 Å². The number of fused-ring (bicyclic) bond motifs is 3. The molecule has 3 aromatic rings. The summed E-state index contributed by atoms with van der Waals surface area (Å²) >= 11 is 0. The van der Waals surface area contributed by atoms with Gasteiger partial charge in [0.15, 0.2) is 0 Å². The van der Waals surface area contributed by atoms with E-state index in [2.05, 4.69) is 24.1 Å². The Kier molecular flexibility index (Phi) is 8.05. The molecule has 8 nitrogen and oxygen atoms in total. The molecule has 0 aliphatic carbocycles. The minimum atomic E-state index is -0.585. The van der Waals surface area contributed by atoms with Crippen molar-refractivity contribution in [1.29, 1.82) is 0 Å². The first-order valence-corrected chi connectivity index (χ1v) is 11.9. The van der Waals surface area contributed by atoms with Crippen molar-refractivity contribution >= 4 is 27.8 Å². The molecule has 2 heterocycles. The largest absolute Gasteiger partial charge is 0.491 e. The van der Waals surface area contributed by atoms with Crippen LogP contribution in [0, 0.1) is 12.8 Å². The maximum absolute atomic E-state index is 13.1. The highest BCUT2D eigenvalue weighted by Gasteiger charge is 2.22. The molecule has 0 spiro atoms. The minimum absolute atomic E-state index is 0.104. The molecule has 1 N–H and O–H groups in total. The van der Waals surface area contributed by atoms with Crippen LogP contribution in [-0.4, -0.2) is 41.0 Å². The number of methoxy groups -OCH3 is 1. The number of alkyl carbamates (subject to hydrolysis) is 1. The zero-order valence-electron chi connectivity index (χ0n) is 22.0. The summed E-state index contributed by atoms with van der Waals surface area (Å²) in [6.45, 7) is 12.1. The predicted octanol–water partition coefficient (Wildman–Crippen LogP) is 4.86. The maximum Gasteiger partial charge on any atom is 0.407 e. The second kappa shape index (κ2) is 10.6. The monoisotopic (exact) mass is 483 g/mol. The van der Waals surface area contributed by atoms with Crippen LogP contribution in [0.5, 0.6) is 5.75 Å². The molecule has 1 aromatic carbocycles. The molecule has 1 atom stereocenters. The van der Waals surface area contributed by atoms with Crippen molar-refractivity contribution in [2.24, 2.45) is 13.0 Å².